The van der Waals surface area contributed by atoms with Gasteiger partial charge in [-0.3, -0.25) is 9.55 Å². The Morgan fingerprint density at radius 2 is 1.83 bits per heavy atom. The van der Waals surface area contributed by atoms with Gasteiger partial charge >= 0.3 is 0 Å². The second-order valence-corrected chi connectivity index (χ2v) is 7.65. The van der Waals surface area contributed by atoms with Gasteiger partial charge in [0.15, 0.2) is 0 Å². The molecule has 0 fully saturated rings. The molecule has 0 saturated carbocycles. The lowest BCUT2D eigenvalue weighted by Crippen LogP contribution is -2.29. The van der Waals surface area contributed by atoms with E-state index < -0.39 is 13.5 Å². The molecule has 0 radical (unpaired) electrons. The highest BCUT2D eigenvalue weighted by molar-refractivity contribution is 7.57. The molecular weight excluding hydrogens is 335 g/mol. The van der Waals surface area contributed by atoms with Crippen LogP contribution in [0.1, 0.15) is 11.3 Å². The quantitative estimate of drug-likeness (QED) is 0.633. The SMILES string of the molecule is Cl.O=P(O)(Cc1ccccc1)C[C@@H](O)CNCc1ccccn1. The molecule has 2 atom stereocenters. The summed E-state index contributed by atoms with van der Waals surface area (Å²) in [7, 11) is -3.39. The largest absolute Gasteiger partial charge is 0.391 e. The van der Waals surface area contributed by atoms with Crippen molar-refractivity contribution in [2.45, 2.75) is 18.8 Å². The molecular formula is C16H22ClN2O3P. The number of halogens is 1. The van der Waals surface area contributed by atoms with Gasteiger partial charge in [0.05, 0.1) is 18.0 Å². The number of nitrogens with zero attached hydrogens (tertiary/aromatic N) is 1. The molecule has 0 spiro atoms. The second-order valence-electron chi connectivity index (χ2n) is 5.28. The molecule has 5 nitrogen and oxygen atoms in total. The van der Waals surface area contributed by atoms with E-state index in [1.54, 1.807) is 6.20 Å². The van der Waals surface area contributed by atoms with Crippen LogP contribution in [0.2, 0.25) is 0 Å². The molecule has 2 rings (SSSR count). The van der Waals surface area contributed by atoms with E-state index in [4.69, 9.17) is 0 Å². The summed E-state index contributed by atoms with van der Waals surface area (Å²) >= 11 is 0. The zero-order valence-electron chi connectivity index (χ0n) is 12.7. The number of hydrogen-bond donors (Lipinski definition) is 3. The number of rotatable bonds is 8. The maximum Gasteiger partial charge on any atom is 0.207 e. The minimum absolute atomic E-state index is 0. The van der Waals surface area contributed by atoms with Crippen molar-refractivity contribution in [1.29, 1.82) is 0 Å². The van der Waals surface area contributed by atoms with Gasteiger partial charge in [0, 0.05) is 25.4 Å². The van der Waals surface area contributed by atoms with Crippen LogP contribution in [-0.2, 0) is 17.3 Å². The van der Waals surface area contributed by atoms with Crippen molar-refractivity contribution in [1.82, 2.24) is 10.3 Å². The molecule has 7 heteroatoms. The summed E-state index contributed by atoms with van der Waals surface area (Å²) < 4.78 is 12.2. The van der Waals surface area contributed by atoms with Crippen LogP contribution in [0.5, 0.6) is 0 Å². The molecule has 0 aliphatic carbocycles. The predicted molar refractivity (Wildman–Crippen MR) is 94.0 cm³/mol. The number of pyridine rings is 1. The lowest BCUT2D eigenvalue weighted by atomic mass is 10.2. The van der Waals surface area contributed by atoms with Crippen LogP contribution in [0.15, 0.2) is 54.7 Å². The van der Waals surface area contributed by atoms with E-state index in [-0.39, 0.29) is 31.3 Å². The fourth-order valence-corrected chi connectivity index (χ4v) is 3.89. The first-order chi connectivity index (χ1) is 10.6. The molecule has 1 heterocycles. The molecule has 3 N–H and O–H groups in total. The molecule has 1 unspecified atom stereocenters. The Kier molecular flexibility index (Phi) is 8.45. The predicted octanol–water partition coefficient (Wildman–Crippen LogP) is 2.42. The highest BCUT2D eigenvalue weighted by atomic mass is 35.5. The first kappa shape index (κ1) is 19.8. The Morgan fingerprint density at radius 3 is 2.48 bits per heavy atom. The molecule has 23 heavy (non-hydrogen) atoms. The minimum Gasteiger partial charge on any atom is -0.391 e. The molecule has 0 bridgehead atoms. The van der Waals surface area contributed by atoms with Crippen molar-refractivity contribution in [2.75, 3.05) is 12.7 Å². The fraction of sp³-hybridized carbons (Fsp3) is 0.312. The number of benzene rings is 1. The second kappa shape index (κ2) is 9.81. The van der Waals surface area contributed by atoms with E-state index in [2.05, 4.69) is 10.3 Å². The summed E-state index contributed by atoms with van der Waals surface area (Å²) in [5.41, 5.74) is 1.67. The van der Waals surface area contributed by atoms with Gasteiger partial charge in [-0.15, -0.1) is 12.4 Å². The third kappa shape index (κ3) is 7.73. The minimum atomic E-state index is -3.39. The Labute approximate surface area is 142 Å². The summed E-state index contributed by atoms with van der Waals surface area (Å²) in [6.07, 6.45) is 0.820. The number of hydrogen-bond acceptors (Lipinski definition) is 4. The fourth-order valence-electron chi connectivity index (χ4n) is 2.20. The van der Waals surface area contributed by atoms with Crippen molar-refractivity contribution < 1.29 is 14.6 Å². The zero-order valence-corrected chi connectivity index (χ0v) is 14.4. The molecule has 126 valence electrons. The summed E-state index contributed by atoms with van der Waals surface area (Å²) in [5.74, 6) is 0. The van der Waals surface area contributed by atoms with Crippen molar-refractivity contribution in [3.8, 4) is 0 Å². The first-order valence-electron chi connectivity index (χ1n) is 7.19. The Bertz CT molecular complexity index is 613. The van der Waals surface area contributed by atoms with Gasteiger partial charge in [0.1, 0.15) is 0 Å². The number of aliphatic hydroxyl groups is 1. The maximum atomic E-state index is 12.2. The van der Waals surface area contributed by atoms with Crippen LogP contribution >= 0.6 is 19.8 Å². The third-order valence-electron chi connectivity index (χ3n) is 3.18. The molecule has 0 aliphatic heterocycles. The lowest BCUT2D eigenvalue weighted by Gasteiger charge is -2.16. The summed E-state index contributed by atoms with van der Waals surface area (Å²) in [5, 5.41) is 13.0. The number of aromatic nitrogens is 1. The number of nitrogens with one attached hydrogen (secondary N) is 1. The van der Waals surface area contributed by atoms with Crippen molar-refractivity contribution in [3.63, 3.8) is 0 Å². The highest BCUT2D eigenvalue weighted by Gasteiger charge is 2.23. The molecule has 0 amide bonds. The molecule has 2 aromatic rings. The molecule has 1 aromatic heterocycles. The van der Waals surface area contributed by atoms with Crippen LogP contribution in [0.4, 0.5) is 0 Å². The third-order valence-corrected chi connectivity index (χ3v) is 5.03. The van der Waals surface area contributed by atoms with E-state index in [1.165, 1.54) is 0 Å². The maximum absolute atomic E-state index is 12.2. The van der Waals surface area contributed by atoms with Crippen molar-refractivity contribution in [2.24, 2.45) is 0 Å². The average Bonchev–Trinajstić information content (AvgIpc) is 2.48. The Morgan fingerprint density at radius 1 is 1.13 bits per heavy atom. The van der Waals surface area contributed by atoms with Crippen molar-refractivity contribution in [3.05, 3.63) is 66.0 Å². The van der Waals surface area contributed by atoms with Gasteiger partial charge in [0.25, 0.3) is 0 Å². The van der Waals surface area contributed by atoms with E-state index >= 15 is 0 Å². The van der Waals surface area contributed by atoms with Gasteiger partial charge in [-0.1, -0.05) is 36.4 Å². The van der Waals surface area contributed by atoms with E-state index in [1.807, 2.05) is 48.5 Å². The van der Waals surface area contributed by atoms with Crippen LogP contribution < -0.4 is 5.32 Å². The van der Waals surface area contributed by atoms with E-state index in [0.717, 1.165) is 11.3 Å². The van der Waals surface area contributed by atoms with Gasteiger partial charge < -0.3 is 15.3 Å². The van der Waals surface area contributed by atoms with Crippen LogP contribution in [0, 0.1) is 0 Å². The summed E-state index contributed by atoms with van der Waals surface area (Å²) in [4.78, 5) is 14.2. The van der Waals surface area contributed by atoms with Gasteiger partial charge in [-0.05, 0) is 17.7 Å². The van der Waals surface area contributed by atoms with E-state index in [9.17, 15) is 14.6 Å². The molecule has 0 saturated heterocycles. The Balaban J connectivity index is 0.00000264. The van der Waals surface area contributed by atoms with E-state index in [0.29, 0.717) is 6.54 Å². The van der Waals surface area contributed by atoms with Gasteiger partial charge in [-0.2, -0.15) is 0 Å². The van der Waals surface area contributed by atoms with Crippen LogP contribution in [-0.4, -0.2) is 33.8 Å². The summed E-state index contributed by atoms with van der Waals surface area (Å²) in [6.45, 7) is 0.780. The average molecular weight is 357 g/mol. The van der Waals surface area contributed by atoms with Gasteiger partial charge in [0.2, 0.25) is 7.37 Å². The van der Waals surface area contributed by atoms with Crippen LogP contribution in [0.25, 0.3) is 0 Å². The van der Waals surface area contributed by atoms with Crippen molar-refractivity contribution >= 4 is 19.8 Å². The number of aliphatic hydroxyl groups excluding tert-OH is 1. The zero-order chi connectivity index (χ0) is 15.8. The Hall–Kier alpha value is -1.23. The molecule has 0 aliphatic rings. The topological polar surface area (TPSA) is 82.5 Å². The van der Waals surface area contributed by atoms with Crippen LogP contribution in [0.3, 0.4) is 0 Å². The van der Waals surface area contributed by atoms with Gasteiger partial charge in [-0.25, -0.2) is 0 Å². The monoisotopic (exact) mass is 356 g/mol. The normalized spacial score (nSPS) is 14.5. The lowest BCUT2D eigenvalue weighted by molar-refractivity contribution is 0.190. The summed E-state index contributed by atoms with van der Waals surface area (Å²) in [6, 6.07) is 14.8. The first-order valence-corrected chi connectivity index (χ1v) is 9.22. The smallest absolute Gasteiger partial charge is 0.207 e. The standard InChI is InChI=1S/C16H21N2O3P.ClH/c19-16(11-17-10-15-8-4-5-9-18-15)13-22(20,21)12-14-6-2-1-3-7-14;/h1-9,16-17,19H,10-13H2,(H,20,21);1H/t16-;/m0./s1. The molecule has 1 aromatic carbocycles. The highest BCUT2D eigenvalue weighted by Crippen LogP contribution is 2.44.